The van der Waals surface area contributed by atoms with E-state index in [1.54, 1.807) is 50.5 Å². The summed E-state index contributed by atoms with van der Waals surface area (Å²) in [6.45, 7) is -0.588. The van der Waals surface area contributed by atoms with E-state index in [4.69, 9.17) is 16.3 Å². The number of thioether (sulfide) groups is 1. The molecule has 2 aromatic rings. The van der Waals surface area contributed by atoms with Gasteiger partial charge in [0.25, 0.3) is 11.8 Å². The van der Waals surface area contributed by atoms with Crippen LogP contribution >= 0.6 is 23.4 Å². The van der Waals surface area contributed by atoms with E-state index >= 15 is 0 Å². The maximum Gasteiger partial charge on any atom is 0.339 e. The molecule has 0 spiro atoms. The molecule has 0 aliphatic rings. The molecular formula is C20H20ClN3O5S. The second-order valence-corrected chi connectivity index (χ2v) is 7.61. The molecule has 30 heavy (non-hydrogen) atoms. The van der Waals surface area contributed by atoms with E-state index in [1.165, 1.54) is 28.8 Å². The van der Waals surface area contributed by atoms with Gasteiger partial charge in [0.05, 0.1) is 11.3 Å². The van der Waals surface area contributed by atoms with Crippen LogP contribution in [0.2, 0.25) is 5.02 Å². The second kappa shape index (κ2) is 11.2. The summed E-state index contributed by atoms with van der Waals surface area (Å²) in [5.74, 6) is -1.90. The number of nitrogens with one attached hydrogen (secondary N) is 2. The molecule has 0 aliphatic heterocycles. The Hall–Kier alpha value is -3.04. The third kappa shape index (κ3) is 7.09. The van der Waals surface area contributed by atoms with Gasteiger partial charge in [-0.05, 0) is 36.4 Å². The van der Waals surface area contributed by atoms with E-state index in [9.17, 15) is 19.2 Å². The van der Waals surface area contributed by atoms with Crippen molar-refractivity contribution in [3.05, 3.63) is 64.7 Å². The zero-order valence-electron chi connectivity index (χ0n) is 16.3. The maximum absolute atomic E-state index is 12.3. The van der Waals surface area contributed by atoms with Crippen molar-refractivity contribution in [3.8, 4) is 0 Å². The Morgan fingerprint density at radius 1 is 1.00 bits per heavy atom. The molecule has 8 nitrogen and oxygen atoms in total. The lowest BCUT2D eigenvalue weighted by Crippen LogP contribution is -2.43. The fraction of sp³-hybridized carbons (Fsp3) is 0.200. The summed E-state index contributed by atoms with van der Waals surface area (Å²) in [5.41, 5.74) is 4.93. The Balaban J connectivity index is 1.85. The van der Waals surface area contributed by atoms with Gasteiger partial charge in [-0.2, -0.15) is 0 Å². The molecule has 0 aliphatic carbocycles. The summed E-state index contributed by atoms with van der Waals surface area (Å²) in [6.07, 6.45) is 0. The lowest BCUT2D eigenvalue weighted by atomic mass is 10.2. The van der Waals surface area contributed by atoms with Crippen molar-refractivity contribution >= 4 is 47.1 Å². The van der Waals surface area contributed by atoms with E-state index in [2.05, 4.69) is 10.9 Å². The first-order chi connectivity index (χ1) is 14.3. The maximum atomic E-state index is 12.3. The van der Waals surface area contributed by atoms with Gasteiger partial charge in [0.1, 0.15) is 0 Å². The Kier molecular flexibility index (Phi) is 8.70. The third-order valence-electron chi connectivity index (χ3n) is 3.71. The van der Waals surface area contributed by atoms with Crippen LogP contribution in [0.4, 0.5) is 0 Å². The summed E-state index contributed by atoms with van der Waals surface area (Å²) in [4.78, 5) is 49.9. The van der Waals surface area contributed by atoms with Crippen LogP contribution in [-0.4, -0.2) is 55.0 Å². The summed E-state index contributed by atoms with van der Waals surface area (Å²) < 4.78 is 5.01. The van der Waals surface area contributed by atoms with Gasteiger partial charge in [0, 0.05) is 29.6 Å². The molecule has 0 atom stereocenters. The monoisotopic (exact) mass is 449 g/mol. The molecule has 158 valence electrons. The smallest absolute Gasteiger partial charge is 0.339 e. The summed E-state index contributed by atoms with van der Waals surface area (Å²) >= 11 is 6.95. The van der Waals surface area contributed by atoms with Gasteiger partial charge in [-0.3, -0.25) is 25.2 Å². The first-order valence-corrected chi connectivity index (χ1v) is 10.1. The third-order valence-corrected chi connectivity index (χ3v) is 5.02. The van der Waals surface area contributed by atoms with Crippen molar-refractivity contribution in [1.29, 1.82) is 0 Å². The average Bonchev–Trinajstić information content (AvgIpc) is 2.74. The van der Waals surface area contributed by atoms with Crippen LogP contribution in [0.5, 0.6) is 0 Å². The number of nitrogens with zero attached hydrogens (tertiary/aromatic N) is 1. The Bertz CT molecular complexity index is 934. The highest BCUT2D eigenvalue weighted by atomic mass is 35.5. The van der Waals surface area contributed by atoms with Crippen molar-refractivity contribution in [1.82, 2.24) is 15.8 Å². The molecule has 2 aromatic carbocycles. The zero-order valence-corrected chi connectivity index (χ0v) is 17.9. The number of benzene rings is 2. The Morgan fingerprint density at radius 2 is 1.67 bits per heavy atom. The number of amides is 3. The predicted octanol–water partition coefficient (Wildman–Crippen LogP) is 2.14. The zero-order chi connectivity index (χ0) is 22.1. The minimum absolute atomic E-state index is 0.0982. The SMILES string of the molecule is CN(C)C(=O)CSc1ccccc1C(=O)OCC(=O)NNC(=O)c1ccc(Cl)cc1. The molecule has 0 saturated heterocycles. The molecule has 3 amide bonds. The van der Waals surface area contributed by atoms with Crippen molar-refractivity contribution in [2.24, 2.45) is 0 Å². The van der Waals surface area contributed by atoms with Crippen LogP contribution in [0.25, 0.3) is 0 Å². The normalized spacial score (nSPS) is 10.1. The molecular weight excluding hydrogens is 430 g/mol. The number of esters is 1. The van der Waals surface area contributed by atoms with E-state index in [1.807, 2.05) is 0 Å². The minimum atomic E-state index is -0.713. The molecule has 0 bridgehead atoms. The standard InChI is InChI=1S/C20H20ClN3O5S/c1-24(2)18(26)12-30-16-6-4-3-5-15(16)20(28)29-11-17(25)22-23-19(27)13-7-9-14(21)10-8-13/h3-10H,11-12H2,1-2H3,(H,22,25)(H,23,27). The minimum Gasteiger partial charge on any atom is -0.452 e. The molecule has 0 fully saturated rings. The molecule has 0 unspecified atom stereocenters. The van der Waals surface area contributed by atoms with Gasteiger partial charge >= 0.3 is 5.97 Å². The van der Waals surface area contributed by atoms with Crippen molar-refractivity contribution in [2.75, 3.05) is 26.5 Å². The summed E-state index contributed by atoms with van der Waals surface area (Å²) in [5, 5.41) is 0.479. The molecule has 0 saturated carbocycles. The van der Waals surface area contributed by atoms with Gasteiger partial charge < -0.3 is 9.64 Å². The van der Waals surface area contributed by atoms with Gasteiger partial charge in [-0.25, -0.2) is 4.79 Å². The number of hydrazine groups is 1. The fourth-order valence-corrected chi connectivity index (χ4v) is 3.22. The number of halogens is 1. The van der Waals surface area contributed by atoms with Crippen LogP contribution in [0.3, 0.4) is 0 Å². The fourth-order valence-electron chi connectivity index (χ4n) is 2.07. The number of hydrogen-bond acceptors (Lipinski definition) is 6. The van der Waals surface area contributed by atoms with Gasteiger partial charge in [-0.15, -0.1) is 11.8 Å². The molecule has 0 radical (unpaired) electrons. The quantitative estimate of drug-likeness (QED) is 0.381. The number of ether oxygens (including phenoxy) is 1. The molecule has 0 heterocycles. The average molecular weight is 450 g/mol. The van der Waals surface area contributed by atoms with Crippen LogP contribution < -0.4 is 10.9 Å². The van der Waals surface area contributed by atoms with Gasteiger partial charge in [0.15, 0.2) is 6.61 Å². The van der Waals surface area contributed by atoms with E-state index in [0.717, 1.165) is 0 Å². The van der Waals surface area contributed by atoms with Crippen LogP contribution in [-0.2, 0) is 14.3 Å². The predicted molar refractivity (Wildman–Crippen MR) is 113 cm³/mol. The lowest BCUT2D eigenvalue weighted by Gasteiger charge is -2.12. The lowest BCUT2D eigenvalue weighted by molar-refractivity contribution is -0.126. The highest BCUT2D eigenvalue weighted by molar-refractivity contribution is 8.00. The molecule has 0 aromatic heterocycles. The van der Waals surface area contributed by atoms with E-state index in [-0.39, 0.29) is 17.2 Å². The second-order valence-electron chi connectivity index (χ2n) is 6.16. The number of carbonyl (C=O) groups is 4. The van der Waals surface area contributed by atoms with Crippen LogP contribution in [0, 0.1) is 0 Å². The highest BCUT2D eigenvalue weighted by Crippen LogP contribution is 2.23. The summed E-state index contributed by atoms with van der Waals surface area (Å²) in [7, 11) is 3.29. The number of carbonyl (C=O) groups excluding carboxylic acids is 4. The van der Waals surface area contributed by atoms with Crippen molar-refractivity contribution < 1.29 is 23.9 Å². The Morgan fingerprint density at radius 3 is 2.33 bits per heavy atom. The van der Waals surface area contributed by atoms with Gasteiger partial charge in [0.2, 0.25) is 5.91 Å². The van der Waals surface area contributed by atoms with Crippen LogP contribution in [0.1, 0.15) is 20.7 Å². The van der Waals surface area contributed by atoms with Crippen molar-refractivity contribution in [3.63, 3.8) is 0 Å². The van der Waals surface area contributed by atoms with Gasteiger partial charge in [-0.1, -0.05) is 23.7 Å². The van der Waals surface area contributed by atoms with E-state index in [0.29, 0.717) is 15.5 Å². The van der Waals surface area contributed by atoms with Crippen LogP contribution in [0.15, 0.2) is 53.4 Å². The molecule has 10 heteroatoms. The topological polar surface area (TPSA) is 105 Å². The van der Waals surface area contributed by atoms with E-state index < -0.39 is 24.4 Å². The number of hydrogen-bond donors (Lipinski definition) is 2. The first-order valence-electron chi connectivity index (χ1n) is 8.71. The largest absolute Gasteiger partial charge is 0.452 e. The summed E-state index contributed by atoms with van der Waals surface area (Å²) in [6, 6.07) is 12.7. The highest BCUT2D eigenvalue weighted by Gasteiger charge is 2.16. The molecule has 2 rings (SSSR count). The number of rotatable bonds is 7. The van der Waals surface area contributed by atoms with Crippen molar-refractivity contribution in [2.45, 2.75) is 4.90 Å². The Labute approximate surface area is 182 Å². The first kappa shape index (κ1) is 23.2. The molecule has 2 N–H and O–H groups in total.